The number of halogens is 2. The summed E-state index contributed by atoms with van der Waals surface area (Å²) < 4.78 is 0. The smallest absolute Gasteiger partial charge is 0.254 e. The Balaban J connectivity index is 1.90. The number of hydrogen-bond donors (Lipinski definition) is 0. The molecule has 0 fully saturated rings. The molecule has 1 amide bonds. The quantitative estimate of drug-likeness (QED) is 0.508. The Morgan fingerprint density at radius 1 is 1.00 bits per heavy atom. The monoisotopic (exact) mass is 389 g/mol. The van der Waals surface area contributed by atoms with Crippen LogP contribution in [-0.2, 0) is 13.1 Å². The average molecular weight is 390 g/mol. The molecule has 3 rings (SSSR count). The van der Waals surface area contributed by atoms with Crippen molar-refractivity contribution >= 4 is 40.4 Å². The van der Waals surface area contributed by atoms with Gasteiger partial charge < -0.3 is 4.90 Å². The minimum atomic E-state index is -0.0600. The van der Waals surface area contributed by atoms with Gasteiger partial charge in [-0.15, -0.1) is 11.3 Å². The molecule has 128 valence electrons. The standard InChI is InChI=1S/C20H17Cl2NOS/c1-14-9-10-25-19(14)13-23(12-15-5-3-2-4-6-15)20(24)16-7-8-17(21)18(22)11-16/h2-11H,12-13H2,1H3. The number of amides is 1. The lowest BCUT2D eigenvalue weighted by atomic mass is 10.1. The Labute approximate surface area is 161 Å². The molecule has 1 heterocycles. The summed E-state index contributed by atoms with van der Waals surface area (Å²) in [7, 11) is 0. The number of rotatable bonds is 5. The normalized spacial score (nSPS) is 10.7. The van der Waals surface area contributed by atoms with Crippen molar-refractivity contribution in [1.82, 2.24) is 4.90 Å². The van der Waals surface area contributed by atoms with Gasteiger partial charge in [0.15, 0.2) is 0 Å². The molecule has 0 N–H and O–H groups in total. The molecule has 0 saturated carbocycles. The highest BCUT2D eigenvalue weighted by Gasteiger charge is 2.19. The molecule has 0 spiro atoms. The summed E-state index contributed by atoms with van der Waals surface area (Å²) in [4.78, 5) is 16.1. The van der Waals surface area contributed by atoms with E-state index in [1.807, 2.05) is 35.2 Å². The molecule has 0 saturated heterocycles. The molecule has 1 aromatic heterocycles. The van der Waals surface area contributed by atoms with E-state index in [0.29, 0.717) is 28.7 Å². The average Bonchev–Trinajstić information content (AvgIpc) is 3.02. The van der Waals surface area contributed by atoms with E-state index in [1.54, 1.807) is 29.5 Å². The minimum absolute atomic E-state index is 0.0600. The van der Waals surface area contributed by atoms with Crippen molar-refractivity contribution in [1.29, 1.82) is 0 Å². The van der Waals surface area contributed by atoms with Crippen LogP contribution in [0.15, 0.2) is 60.0 Å². The molecule has 0 aliphatic rings. The van der Waals surface area contributed by atoms with Crippen molar-refractivity contribution in [3.63, 3.8) is 0 Å². The van der Waals surface area contributed by atoms with Gasteiger partial charge in [0.05, 0.1) is 16.6 Å². The summed E-state index contributed by atoms with van der Waals surface area (Å²) in [5.41, 5.74) is 2.83. The summed E-state index contributed by atoms with van der Waals surface area (Å²) >= 11 is 13.7. The fourth-order valence-electron chi connectivity index (χ4n) is 2.55. The summed E-state index contributed by atoms with van der Waals surface area (Å²) in [6.07, 6.45) is 0. The Morgan fingerprint density at radius 2 is 1.76 bits per heavy atom. The second kappa shape index (κ2) is 8.05. The van der Waals surface area contributed by atoms with E-state index in [4.69, 9.17) is 23.2 Å². The lowest BCUT2D eigenvalue weighted by molar-refractivity contribution is 0.0731. The van der Waals surface area contributed by atoms with Gasteiger partial charge in [0, 0.05) is 17.0 Å². The first kappa shape index (κ1) is 18.0. The van der Waals surface area contributed by atoms with Crippen LogP contribution in [0.4, 0.5) is 0 Å². The lowest BCUT2D eigenvalue weighted by Gasteiger charge is -2.23. The second-order valence-electron chi connectivity index (χ2n) is 5.80. The Morgan fingerprint density at radius 3 is 2.40 bits per heavy atom. The third kappa shape index (κ3) is 4.43. The molecule has 0 bridgehead atoms. The summed E-state index contributed by atoms with van der Waals surface area (Å²) in [6.45, 7) is 3.17. The highest BCUT2D eigenvalue weighted by molar-refractivity contribution is 7.10. The highest BCUT2D eigenvalue weighted by atomic mass is 35.5. The predicted molar refractivity (Wildman–Crippen MR) is 106 cm³/mol. The maximum Gasteiger partial charge on any atom is 0.254 e. The van der Waals surface area contributed by atoms with Crippen LogP contribution in [-0.4, -0.2) is 10.8 Å². The molecule has 2 aromatic carbocycles. The SMILES string of the molecule is Cc1ccsc1CN(Cc1ccccc1)C(=O)c1ccc(Cl)c(Cl)c1. The zero-order valence-corrected chi connectivity index (χ0v) is 16.0. The molecular weight excluding hydrogens is 373 g/mol. The number of nitrogens with zero attached hydrogens (tertiary/aromatic N) is 1. The first-order chi connectivity index (χ1) is 12.0. The van der Waals surface area contributed by atoms with Gasteiger partial charge in [-0.25, -0.2) is 0 Å². The Kier molecular flexibility index (Phi) is 5.79. The molecule has 0 atom stereocenters. The predicted octanol–water partition coefficient (Wildman–Crippen LogP) is 6.21. The molecular formula is C20H17Cl2NOS. The van der Waals surface area contributed by atoms with Gasteiger partial charge in [0.25, 0.3) is 5.91 Å². The fourth-order valence-corrected chi connectivity index (χ4v) is 3.77. The lowest BCUT2D eigenvalue weighted by Crippen LogP contribution is -2.30. The van der Waals surface area contributed by atoms with Crippen LogP contribution in [0.2, 0.25) is 10.0 Å². The number of carbonyl (C=O) groups excluding carboxylic acids is 1. The van der Waals surface area contributed by atoms with Crippen LogP contribution in [0.1, 0.15) is 26.4 Å². The number of benzene rings is 2. The van der Waals surface area contributed by atoms with Crippen molar-refractivity contribution in [3.8, 4) is 0 Å². The van der Waals surface area contributed by atoms with Crippen LogP contribution in [0.25, 0.3) is 0 Å². The first-order valence-electron chi connectivity index (χ1n) is 7.86. The Bertz CT molecular complexity index is 876. The van der Waals surface area contributed by atoms with Gasteiger partial charge >= 0.3 is 0 Å². The zero-order valence-electron chi connectivity index (χ0n) is 13.7. The zero-order chi connectivity index (χ0) is 17.8. The van der Waals surface area contributed by atoms with E-state index in [0.717, 1.165) is 5.56 Å². The van der Waals surface area contributed by atoms with E-state index in [9.17, 15) is 4.79 Å². The Hall–Kier alpha value is -1.81. The van der Waals surface area contributed by atoms with E-state index >= 15 is 0 Å². The van der Waals surface area contributed by atoms with Gasteiger partial charge in [0.1, 0.15) is 0 Å². The van der Waals surface area contributed by atoms with Crippen molar-refractivity contribution in [2.75, 3.05) is 0 Å². The summed E-state index contributed by atoms with van der Waals surface area (Å²) in [5.74, 6) is -0.0600. The molecule has 2 nitrogen and oxygen atoms in total. The van der Waals surface area contributed by atoms with Gasteiger partial charge in [-0.3, -0.25) is 4.79 Å². The molecule has 0 radical (unpaired) electrons. The van der Waals surface area contributed by atoms with Crippen molar-refractivity contribution in [2.45, 2.75) is 20.0 Å². The van der Waals surface area contributed by atoms with E-state index < -0.39 is 0 Å². The topological polar surface area (TPSA) is 20.3 Å². The largest absolute Gasteiger partial charge is 0.329 e. The number of carbonyl (C=O) groups is 1. The van der Waals surface area contributed by atoms with Gasteiger partial charge in [0.2, 0.25) is 0 Å². The van der Waals surface area contributed by atoms with Crippen LogP contribution < -0.4 is 0 Å². The van der Waals surface area contributed by atoms with Crippen LogP contribution >= 0.6 is 34.5 Å². The summed E-state index contributed by atoms with van der Waals surface area (Å²) in [5, 5.41) is 2.89. The summed E-state index contributed by atoms with van der Waals surface area (Å²) in [6, 6.07) is 17.1. The number of thiophene rings is 1. The molecule has 3 aromatic rings. The minimum Gasteiger partial charge on any atom is -0.329 e. The number of hydrogen-bond acceptors (Lipinski definition) is 2. The molecule has 5 heteroatoms. The van der Waals surface area contributed by atoms with Crippen LogP contribution in [0.5, 0.6) is 0 Å². The van der Waals surface area contributed by atoms with Crippen LogP contribution in [0, 0.1) is 6.92 Å². The highest BCUT2D eigenvalue weighted by Crippen LogP contribution is 2.25. The molecule has 0 aliphatic heterocycles. The third-order valence-corrected chi connectivity index (χ3v) is 5.72. The van der Waals surface area contributed by atoms with E-state index in [-0.39, 0.29) is 5.91 Å². The fraction of sp³-hybridized carbons (Fsp3) is 0.150. The third-order valence-electron chi connectivity index (χ3n) is 3.97. The number of aryl methyl sites for hydroxylation is 1. The van der Waals surface area contributed by atoms with E-state index in [1.165, 1.54) is 10.4 Å². The van der Waals surface area contributed by atoms with E-state index in [2.05, 4.69) is 18.4 Å². The maximum atomic E-state index is 13.1. The first-order valence-corrected chi connectivity index (χ1v) is 9.49. The van der Waals surface area contributed by atoms with Gasteiger partial charge in [-0.2, -0.15) is 0 Å². The molecule has 25 heavy (non-hydrogen) atoms. The van der Waals surface area contributed by atoms with Crippen molar-refractivity contribution in [3.05, 3.63) is 91.6 Å². The van der Waals surface area contributed by atoms with Gasteiger partial charge in [-0.1, -0.05) is 53.5 Å². The van der Waals surface area contributed by atoms with Gasteiger partial charge in [-0.05, 0) is 47.7 Å². The molecule has 0 aliphatic carbocycles. The second-order valence-corrected chi connectivity index (χ2v) is 7.62. The van der Waals surface area contributed by atoms with Crippen molar-refractivity contribution < 1.29 is 4.79 Å². The van der Waals surface area contributed by atoms with Crippen molar-refractivity contribution in [2.24, 2.45) is 0 Å². The maximum absolute atomic E-state index is 13.1. The van der Waals surface area contributed by atoms with Crippen LogP contribution in [0.3, 0.4) is 0 Å². The molecule has 0 unspecified atom stereocenters.